The van der Waals surface area contributed by atoms with Gasteiger partial charge in [0.2, 0.25) is 5.91 Å². The number of morpholine rings is 1. The Morgan fingerprint density at radius 1 is 1.00 bits per heavy atom. The van der Waals surface area contributed by atoms with Crippen molar-refractivity contribution >= 4 is 5.91 Å². The molecule has 4 unspecified atom stereocenters. The lowest BCUT2D eigenvalue weighted by molar-refractivity contribution is -0.122. The van der Waals surface area contributed by atoms with E-state index >= 15 is 0 Å². The summed E-state index contributed by atoms with van der Waals surface area (Å²) in [4.78, 5) is 15.0. The van der Waals surface area contributed by atoms with Gasteiger partial charge in [-0.15, -0.1) is 0 Å². The predicted octanol–water partition coefficient (Wildman–Crippen LogP) is 3.28. The van der Waals surface area contributed by atoms with E-state index < -0.39 is 6.17 Å². The quantitative estimate of drug-likeness (QED) is 0.688. The molecule has 2 aliphatic heterocycles. The molecule has 4 rings (SSSR count). The lowest BCUT2D eigenvalue weighted by Gasteiger charge is -2.42. The van der Waals surface area contributed by atoms with Crippen LogP contribution in [0.3, 0.4) is 0 Å². The summed E-state index contributed by atoms with van der Waals surface area (Å²) >= 11 is 0. The van der Waals surface area contributed by atoms with Crippen molar-refractivity contribution in [3.05, 3.63) is 0 Å². The zero-order valence-corrected chi connectivity index (χ0v) is 18.6. The van der Waals surface area contributed by atoms with Gasteiger partial charge in [0, 0.05) is 38.1 Å². The molecule has 2 saturated carbocycles. The van der Waals surface area contributed by atoms with Gasteiger partial charge in [-0.05, 0) is 82.1 Å². The third kappa shape index (κ3) is 6.39. The molecule has 0 spiro atoms. The predicted molar refractivity (Wildman–Crippen MR) is 117 cm³/mol. The van der Waals surface area contributed by atoms with Gasteiger partial charge >= 0.3 is 0 Å². The lowest BCUT2D eigenvalue weighted by atomic mass is 9.74. The highest BCUT2D eigenvalue weighted by atomic mass is 19.1. The van der Waals surface area contributed by atoms with Gasteiger partial charge in [0.1, 0.15) is 6.17 Å². The number of carbonyl (C=O) groups excluding carboxylic acids is 1. The lowest BCUT2D eigenvalue weighted by Crippen LogP contribution is -2.47. The van der Waals surface area contributed by atoms with E-state index in [1.54, 1.807) is 0 Å². The molecule has 4 aliphatic rings. The number of hydrogen-bond acceptors (Lipinski definition) is 4. The van der Waals surface area contributed by atoms with E-state index in [-0.39, 0.29) is 5.91 Å². The molecule has 5 nitrogen and oxygen atoms in total. The first-order chi connectivity index (χ1) is 14.7. The van der Waals surface area contributed by atoms with E-state index in [4.69, 9.17) is 4.74 Å². The average molecular weight is 424 g/mol. The molecular weight excluding hydrogens is 381 g/mol. The molecule has 6 heteroatoms. The van der Waals surface area contributed by atoms with Crippen LogP contribution in [0.25, 0.3) is 0 Å². The first-order valence-corrected chi connectivity index (χ1v) is 12.6. The standard InChI is InChI=1S/C24H42FN3O2/c25-21-3-1-2-18(14-21)16-27-24(29)15-22-7-4-20(17-26-22)19-5-8-23(9-6-19)28-10-12-30-13-11-28/h18-23,26H,1-17H2,(H,27,29). The second-order valence-electron chi connectivity index (χ2n) is 10.3. The molecule has 2 heterocycles. The maximum atomic E-state index is 13.5. The van der Waals surface area contributed by atoms with Crippen LogP contribution in [0.15, 0.2) is 0 Å². The van der Waals surface area contributed by atoms with Crippen LogP contribution in [0, 0.1) is 17.8 Å². The van der Waals surface area contributed by atoms with Gasteiger partial charge in [-0.2, -0.15) is 0 Å². The number of ether oxygens (including phenoxy) is 1. The van der Waals surface area contributed by atoms with Crippen LogP contribution >= 0.6 is 0 Å². The Kier molecular flexibility index (Phi) is 8.42. The highest BCUT2D eigenvalue weighted by Gasteiger charge is 2.33. The summed E-state index contributed by atoms with van der Waals surface area (Å²) in [5.74, 6) is 2.09. The van der Waals surface area contributed by atoms with Crippen molar-refractivity contribution in [3.63, 3.8) is 0 Å². The summed E-state index contributed by atoms with van der Waals surface area (Å²) in [5, 5.41) is 6.74. The topological polar surface area (TPSA) is 53.6 Å². The highest BCUT2D eigenvalue weighted by Crippen LogP contribution is 2.36. The minimum absolute atomic E-state index is 0.137. The fourth-order valence-corrected chi connectivity index (χ4v) is 6.36. The number of halogens is 1. The number of amides is 1. The van der Waals surface area contributed by atoms with Crippen molar-refractivity contribution in [2.75, 3.05) is 39.4 Å². The molecule has 4 fully saturated rings. The fourth-order valence-electron chi connectivity index (χ4n) is 6.36. The Balaban J connectivity index is 1.10. The number of hydrogen-bond donors (Lipinski definition) is 2. The second-order valence-corrected chi connectivity index (χ2v) is 10.3. The van der Waals surface area contributed by atoms with Crippen molar-refractivity contribution in [2.24, 2.45) is 17.8 Å². The maximum Gasteiger partial charge on any atom is 0.221 e. The number of rotatable bonds is 6. The molecule has 2 saturated heterocycles. The SMILES string of the molecule is O=C(CC1CCC(C2CCC(N3CCOCC3)CC2)CN1)NCC1CCCC(F)C1. The largest absolute Gasteiger partial charge is 0.379 e. The van der Waals surface area contributed by atoms with Crippen LogP contribution in [-0.4, -0.2) is 68.5 Å². The number of nitrogens with one attached hydrogen (secondary N) is 2. The fraction of sp³-hybridized carbons (Fsp3) is 0.958. The third-order valence-electron chi connectivity index (χ3n) is 8.26. The van der Waals surface area contributed by atoms with Crippen molar-refractivity contribution in [1.29, 1.82) is 0 Å². The summed E-state index contributed by atoms with van der Waals surface area (Å²) < 4.78 is 19.0. The summed E-state index contributed by atoms with van der Waals surface area (Å²) in [7, 11) is 0. The second kappa shape index (κ2) is 11.2. The number of carbonyl (C=O) groups is 1. The Bertz CT molecular complexity index is 527. The van der Waals surface area contributed by atoms with Crippen LogP contribution in [0.1, 0.15) is 70.6 Å². The van der Waals surface area contributed by atoms with E-state index in [1.807, 2.05) is 0 Å². The number of nitrogens with zero attached hydrogens (tertiary/aromatic N) is 1. The highest BCUT2D eigenvalue weighted by molar-refractivity contribution is 5.76. The van der Waals surface area contributed by atoms with E-state index in [0.29, 0.717) is 37.8 Å². The van der Waals surface area contributed by atoms with Crippen molar-refractivity contribution < 1.29 is 13.9 Å². The Labute approximate surface area is 181 Å². The molecule has 172 valence electrons. The van der Waals surface area contributed by atoms with Gasteiger partial charge in [0.05, 0.1) is 13.2 Å². The Morgan fingerprint density at radius 3 is 2.47 bits per heavy atom. The summed E-state index contributed by atoms with van der Waals surface area (Å²) in [6, 6.07) is 1.08. The van der Waals surface area contributed by atoms with Gasteiger partial charge in [-0.3, -0.25) is 9.69 Å². The smallest absolute Gasteiger partial charge is 0.221 e. The number of piperidine rings is 1. The third-order valence-corrected chi connectivity index (χ3v) is 8.26. The first-order valence-electron chi connectivity index (χ1n) is 12.6. The van der Waals surface area contributed by atoms with Crippen molar-refractivity contribution in [2.45, 2.75) is 88.9 Å². The first kappa shape index (κ1) is 22.5. The van der Waals surface area contributed by atoms with Crippen LogP contribution in [-0.2, 0) is 9.53 Å². The molecule has 1 amide bonds. The molecule has 0 aromatic carbocycles. The molecule has 0 aromatic heterocycles. The average Bonchev–Trinajstić information content (AvgIpc) is 2.79. The molecule has 4 atom stereocenters. The molecule has 0 radical (unpaired) electrons. The van der Waals surface area contributed by atoms with E-state index in [1.165, 1.54) is 32.1 Å². The Morgan fingerprint density at radius 2 is 1.77 bits per heavy atom. The molecule has 0 bridgehead atoms. The van der Waals surface area contributed by atoms with Crippen molar-refractivity contribution in [3.8, 4) is 0 Å². The molecule has 2 aliphatic carbocycles. The zero-order valence-electron chi connectivity index (χ0n) is 18.6. The monoisotopic (exact) mass is 423 g/mol. The van der Waals surface area contributed by atoms with Crippen LogP contribution in [0.4, 0.5) is 4.39 Å². The van der Waals surface area contributed by atoms with Gasteiger partial charge in [0.15, 0.2) is 0 Å². The van der Waals surface area contributed by atoms with E-state index in [0.717, 1.165) is 70.0 Å². The van der Waals surface area contributed by atoms with Gasteiger partial charge < -0.3 is 15.4 Å². The molecule has 30 heavy (non-hydrogen) atoms. The molecule has 0 aromatic rings. The number of alkyl halides is 1. The van der Waals surface area contributed by atoms with E-state index in [2.05, 4.69) is 15.5 Å². The summed E-state index contributed by atoms with van der Waals surface area (Å²) in [6.45, 7) is 5.74. The van der Waals surface area contributed by atoms with Crippen LogP contribution < -0.4 is 10.6 Å². The summed E-state index contributed by atoms with van der Waals surface area (Å²) in [6.07, 6.45) is 11.0. The Hall–Kier alpha value is -0.720. The molecule has 2 N–H and O–H groups in total. The zero-order chi connectivity index (χ0) is 20.8. The van der Waals surface area contributed by atoms with Crippen LogP contribution in [0.5, 0.6) is 0 Å². The molecular formula is C24H42FN3O2. The van der Waals surface area contributed by atoms with Crippen LogP contribution in [0.2, 0.25) is 0 Å². The minimum atomic E-state index is -0.665. The van der Waals surface area contributed by atoms with Crippen molar-refractivity contribution in [1.82, 2.24) is 15.5 Å². The van der Waals surface area contributed by atoms with Gasteiger partial charge in [-0.25, -0.2) is 4.39 Å². The normalized spacial score (nSPS) is 38.8. The van der Waals surface area contributed by atoms with Gasteiger partial charge in [-0.1, -0.05) is 6.42 Å². The minimum Gasteiger partial charge on any atom is -0.379 e. The maximum absolute atomic E-state index is 13.5. The summed E-state index contributed by atoms with van der Waals surface area (Å²) in [5.41, 5.74) is 0. The van der Waals surface area contributed by atoms with Gasteiger partial charge in [0.25, 0.3) is 0 Å². The van der Waals surface area contributed by atoms with E-state index in [9.17, 15) is 9.18 Å².